The van der Waals surface area contributed by atoms with Crippen LogP contribution in [0, 0.1) is 0 Å². The largest absolute Gasteiger partial charge is 0.376 e. The van der Waals surface area contributed by atoms with E-state index in [0.717, 1.165) is 49.4 Å². The Bertz CT molecular complexity index is 1560. The van der Waals surface area contributed by atoms with Crippen LogP contribution in [0.2, 0.25) is 0 Å². The molecule has 0 spiro atoms. The Kier molecular flexibility index (Phi) is 8.14. The van der Waals surface area contributed by atoms with Crippen molar-refractivity contribution in [3.05, 3.63) is 137 Å². The Hall–Kier alpha value is -4.46. The average molecular weight is 587 g/mol. The summed E-state index contributed by atoms with van der Waals surface area (Å²) in [4.78, 5) is 33.5. The summed E-state index contributed by atoms with van der Waals surface area (Å²) in [5.74, 6) is 0.0476. The predicted molar refractivity (Wildman–Crippen MR) is 171 cm³/mol. The van der Waals surface area contributed by atoms with Gasteiger partial charge in [-0.15, -0.1) is 0 Å². The predicted octanol–water partition coefficient (Wildman–Crippen LogP) is 5.98. The molecule has 3 heterocycles. The number of hydrogen-bond acceptors (Lipinski definition) is 5. The van der Waals surface area contributed by atoms with E-state index >= 15 is 0 Å². The first-order valence-corrected chi connectivity index (χ1v) is 15.7. The van der Waals surface area contributed by atoms with Gasteiger partial charge in [-0.3, -0.25) is 14.5 Å². The highest BCUT2D eigenvalue weighted by Crippen LogP contribution is 2.36. The van der Waals surface area contributed by atoms with E-state index in [9.17, 15) is 9.59 Å². The zero-order valence-corrected chi connectivity index (χ0v) is 24.8. The lowest BCUT2D eigenvalue weighted by molar-refractivity contribution is 0.0488. The second-order valence-corrected chi connectivity index (χ2v) is 11.9. The summed E-state index contributed by atoms with van der Waals surface area (Å²) in [5, 5.41) is 3.58. The second kappa shape index (κ2) is 12.6. The van der Waals surface area contributed by atoms with Crippen LogP contribution in [0.4, 0.5) is 5.69 Å². The van der Waals surface area contributed by atoms with Gasteiger partial charge >= 0.3 is 0 Å². The average Bonchev–Trinajstić information content (AvgIpc) is 3.69. The topological polar surface area (TPSA) is 65.1 Å². The van der Waals surface area contributed by atoms with Crippen LogP contribution >= 0.6 is 0 Å². The molecular weight excluding hydrogens is 548 g/mol. The van der Waals surface area contributed by atoms with Crippen LogP contribution in [0.15, 0.2) is 109 Å². The smallest absolute Gasteiger partial charge is 0.256 e. The van der Waals surface area contributed by atoms with E-state index in [1.54, 1.807) is 0 Å². The van der Waals surface area contributed by atoms with Gasteiger partial charge in [0.1, 0.15) is 6.17 Å². The summed E-state index contributed by atoms with van der Waals surface area (Å²) in [7, 11) is 0. The Labute approximate surface area is 259 Å². The van der Waals surface area contributed by atoms with Crippen LogP contribution in [0.25, 0.3) is 0 Å². The van der Waals surface area contributed by atoms with Crippen molar-refractivity contribution >= 4 is 17.5 Å². The lowest BCUT2D eigenvalue weighted by Crippen LogP contribution is -2.49. The first-order valence-electron chi connectivity index (χ1n) is 15.7. The number of ether oxygens (including phenoxy) is 1. The van der Waals surface area contributed by atoms with Gasteiger partial charge in [-0.2, -0.15) is 0 Å². The highest BCUT2D eigenvalue weighted by molar-refractivity contribution is 5.99. The Balaban J connectivity index is 1.05. The van der Waals surface area contributed by atoms with Crippen molar-refractivity contribution in [3.8, 4) is 0 Å². The number of amides is 2. The fourth-order valence-electron chi connectivity index (χ4n) is 6.87. The fourth-order valence-corrected chi connectivity index (χ4v) is 6.87. The van der Waals surface area contributed by atoms with Crippen LogP contribution in [0.1, 0.15) is 62.5 Å². The van der Waals surface area contributed by atoms with Crippen molar-refractivity contribution in [2.75, 3.05) is 44.6 Å². The van der Waals surface area contributed by atoms with E-state index in [1.807, 2.05) is 58.3 Å². The molecular formula is C37H38N4O3. The van der Waals surface area contributed by atoms with E-state index in [0.29, 0.717) is 25.2 Å². The Morgan fingerprint density at radius 2 is 1.50 bits per heavy atom. The quantitative estimate of drug-likeness (QED) is 0.275. The maximum Gasteiger partial charge on any atom is 0.256 e. The number of nitrogens with one attached hydrogen (secondary N) is 1. The molecule has 0 saturated carbocycles. The van der Waals surface area contributed by atoms with Gasteiger partial charge in [0.2, 0.25) is 0 Å². The minimum absolute atomic E-state index is 0.0167. The number of carbonyl (C=O) groups excluding carboxylic acids is 2. The highest BCUT2D eigenvalue weighted by atomic mass is 16.5. The van der Waals surface area contributed by atoms with Gasteiger partial charge in [-0.05, 0) is 48.2 Å². The van der Waals surface area contributed by atoms with Crippen LogP contribution in [-0.4, -0.2) is 71.9 Å². The monoisotopic (exact) mass is 586 g/mol. The van der Waals surface area contributed by atoms with Gasteiger partial charge in [0.15, 0.2) is 0 Å². The van der Waals surface area contributed by atoms with Gasteiger partial charge in [-0.25, -0.2) is 0 Å². The van der Waals surface area contributed by atoms with Crippen molar-refractivity contribution in [3.63, 3.8) is 0 Å². The lowest BCUT2D eigenvalue weighted by Gasteiger charge is -2.40. The summed E-state index contributed by atoms with van der Waals surface area (Å²) in [6.45, 7) is 4.18. The number of piperazine rings is 1. The van der Waals surface area contributed by atoms with Gasteiger partial charge in [0.25, 0.3) is 11.8 Å². The first-order chi connectivity index (χ1) is 21.7. The molecule has 4 aromatic carbocycles. The number of carbonyl (C=O) groups is 2. The van der Waals surface area contributed by atoms with E-state index in [4.69, 9.17) is 4.74 Å². The molecule has 2 saturated heterocycles. The molecule has 3 aliphatic rings. The van der Waals surface area contributed by atoms with E-state index in [2.05, 4.69) is 70.9 Å². The fraction of sp³-hybridized carbons (Fsp3) is 0.297. The third-order valence-corrected chi connectivity index (χ3v) is 9.09. The molecule has 224 valence electrons. The van der Waals surface area contributed by atoms with Crippen LogP contribution < -0.4 is 5.32 Å². The lowest BCUT2D eigenvalue weighted by atomic mass is 9.96. The van der Waals surface area contributed by atoms with Crippen molar-refractivity contribution in [1.82, 2.24) is 14.7 Å². The van der Waals surface area contributed by atoms with E-state index in [-0.39, 0.29) is 30.1 Å². The minimum Gasteiger partial charge on any atom is -0.376 e. The molecule has 0 aromatic heterocycles. The molecule has 4 aromatic rings. The minimum atomic E-state index is -0.315. The van der Waals surface area contributed by atoms with E-state index in [1.165, 1.54) is 11.1 Å². The highest BCUT2D eigenvalue weighted by Gasteiger charge is 2.38. The number of benzene rings is 4. The summed E-state index contributed by atoms with van der Waals surface area (Å²) in [6, 6.07) is 36.8. The third-order valence-electron chi connectivity index (χ3n) is 9.09. The zero-order valence-electron chi connectivity index (χ0n) is 24.8. The Morgan fingerprint density at radius 3 is 2.18 bits per heavy atom. The summed E-state index contributed by atoms with van der Waals surface area (Å²) in [5.41, 5.74) is 5.66. The molecule has 0 aliphatic carbocycles. The zero-order chi connectivity index (χ0) is 29.9. The van der Waals surface area contributed by atoms with Crippen LogP contribution in [0.5, 0.6) is 0 Å². The molecule has 2 atom stereocenters. The summed E-state index contributed by atoms with van der Waals surface area (Å²) >= 11 is 0. The summed E-state index contributed by atoms with van der Waals surface area (Å²) in [6.07, 6.45) is 1.72. The van der Waals surface area contributed by atoms with Gasteiger partial charge in [-0.1, -0.05) is 84.9 Å². The number of hydrogen-bond donors (Lipinski definition) is 1. The number of nitrogens with zero attached hydrogens (tertiary/aromatic N) is 3. The molecule has 3 aliphatic heterocycles. The molecule has 2 unspecified atom stereocenters. The maximum atomic E-state index is 13.7. The Morgan fingerprint density at radius 1 is 0.818 bits per heavy atom. The summed E-state index contributed by atoms with van der Waals surface area (Å²) < 4.78 is 5.88. The van der Waals surface area contributed by atoms with Crippen LogP contribution in [-0.2, 0) is 4.74 Å². The standard InChI is InChI=1S/C37H38N4O3/c42-36(40-22-20-39(21-23-40)34(27-11-3-1-4-12-27)28-13-5-2-6-14-28)29-15-9-16-30(25-29)38-35-32-18-7-8-19-33(32)37(43)41(35)26-31-17-10-24-44-31/h1-9,11-16,18-19,25,31,34-35,38H,10,17,20-24,26H2. The second-order valence-electron chi connectivity index (χ2n) is 11.9. The maximum absolute atomic E-state index is 13.7. The molecule has 0 bridgehead atoms. The van der Waals surface area contributed by atoms with Crippen molar-refractivity contribution in [2.24, 2.45) is 0 Å². The normalized spacial score (nSPS) is 20.2. The molecule has 0 radical (unpaired) electrons. The van der Waals surface area contributed by atoms with Crippen molar-refractivity contribution in [2.45, 2.75) is 31.2 Å². The molecule has 7 heteroatoms. The van der Waals surface area contributed by atoms with Crippen molar-refractivity contribution < 1.29 is 14.3 Å². The third kappa shape index (κ3) is 5.73. The molecule has 2 amide bonds. The number of fused-ring (bicyclic) bond motifs is 1. The van der Waals surface area contributed by atoms with Gasteiger partial charge in [0, 0.05) is 61.7 Å². The molecule has 44 heavy (non-hydrogen) atoms. The molecule has 7 rings (SSSR count). The molecule has 7 nitrogen and oxygen atoms in total. The molecule has 2 fully saturated rings. The molecule has 1 N–H and O–H groups in total. The van der Waals surface area contributed by atoms with Gasteiger partial charge < -0.3 is 19.9 Å². The number of anilines is 1. The first kappa shape index (κ1) is 28.3. The van der Waals surface area contributed by atoms with Crippen molar-refractivity contribution in [1.29, 1.82) is 0 Å². The van der Waals surface area contributed by atoms with Gasteiger partial charge in [0.05, 0.1) is 12.1 Å². The van der Waals surface area contributed by atoms with E-state index < -0.39 is 0 Å². The number of rotatable bonds is 8. The SMILES string of the molecule is O=C(c1cccc(NC2c3ccccc3C(=O)N2CC2CCCO2)c1)N1CCN(C(c2ccccc2)c2ccccc2)CC1. The van der Waals surface area contributed by atoms with Crippen LogP contribution in [0.3, 0.4) is 0 Å².